The zero-order valence-corrected chi connectivity index (χ0v) is 15.9. The number of nitrogens with one attached hydrogen (secondary N) is 3. The molecule has 1 fully saturated rings. The van der Waals surface area contributed by atoms with Gasteiger partial charge in [-0.2, -0.15) is 10.2 Å². The first-order chi connectivity index (χ1) is 13.7. The normalized spacial score (nSPS) is 14.3. The summed E-state index contributed by atoms with van der Waals surface area (Å²) in [5.41, 5.74) is 1.82. The number of aromatic nitrogens is 6. The van der Waals surface area contributed by atoms with Crippen LogP contribution in [0.5, 0.6) is 0 Å². The van der Waals surface area contributed by atoms with Crippen LogP contribution in [-0.4, -0.2) is 42.5 Å². The van der Waals surface area contributed by atoms with Crippen LogP contribution < -0.4 is 10.6 Å². The molecule has 3 aromatic rings. The van der Waals surface area contributed by atoms with E-state index in [1.54, 1.807) is 12.4 Å². The maximum Gasteiger partial charge on any atom is 0.320 e. The van der Waals surface area contributed by atoms with Crippen LogP contribution in [0.2, 0.25) is 0 Å². The lowest BCUT2D eigenvalue weighted by atomic mass is 10.2. The van der Waals surface area contributed by atoms with Gasteiger partial charge in [-0.1, -0.05) is 12.8 Å². The van der Waals surface area contributed by atoms with Crippen LogP contribution in [0.1, 0.15) is 43.1 Å². The quantitative estimate of drug-likeness (QED) is 0.608. The first-order valence-electron chi connectivity index (χ1n) is 9.61. The van der Waals surface area contributed by atoms with Gasteiger partial charge in [0, 0.05) is 36.5 Å². The molecule has 3 aromatic heterocycles. The third-order valence-corrected chi connectivity index (χ3v) is 4.98. The molecule has 0 bridgehead atoms. The Labute approximate surface area is 163 Å². The number of H-pyrrole nitrogens is 1. The summed E-state index contributed by atoms with van der Waals surface area (Å²) in [5.74, 6) is 2.10. The van der Waals surface area contributed by atoms with E-state index in [0.29, 0.717) is 30.7 Å². The van der Waals surface area contributed by atoms with Crippen LogP contribution in [0.25, 0.3) is 11.4 Å². The van der Waals surface area contributed by atoms with Gasteiger partial charge in [0.2, 0.25) is 0 Å². The van der Waals surface area contributed by atoms with Gasteiger partial charge in [-0.25, -0.2) is 14.5 Å². The van der Waals surface area contributed by atoms with Gasteiger partial charge in [0.1, 0.15) is 11.6 Å². The lowest BCUT2D eigenvalue weighted by Crippen LogP contribution is -2.32. The van der Waals surface area contributed by atoms with Crippen molar-refractivity contribution < 1.29 is 4.79 Å². The maximum atomic E-state index is 12.3. The minimum Gasteiger partial charge on any atom is -0.337 e. The largest absolute Gasteiger partial charge is 0.337 e. The van der Waals surface area contributed by atoms with Crippen molar-refractivity contribution in [2.24, 2.45) is 0 Å². The number of pyridine rings is 1. The number of hydrogen-bond donors (Lipinski definition) is 3. The van der Waals surface area contributed by atoms with Gasteiger partial charge in [0.05, 0.1) is 12.2 Å². The number of hydrogen-bond acceptors (Lipinski definition) is 5. The maximum absolute atomic E-state index is 12.3. The molecule has 0 radical (unpaired) electrons. The van der Waals surface area contributed by atoms with E-state index < -0.39 is 0 Å². The number of amides is 2. The molecule has 146 valence electrons. The second-order valence-corrected chi connectivity index (χ2v) is 7.04. The van der Waals surface area contributed by atoms with E-state index in [1.807, 2.05) is 29.9 Å². The van der Waals surface area contributed by atoms with Crippen molar-refractivity contribution in [1.29, 1.82) is 0 Å². The zero-order chi connectivity index (χ0) is 19.3. The summed E-state index contributed by atoms with van der Waals surface area (Å²) >= 11 is 0. The Bertz CT molecular complexity index is 927. The fourth-order valence-electron chi connectivity index (χ4n) is 3.51. The van der Waals surface area contributed by atoms with E-state index in [-0.39, 0.29) is 6.03 Å². The summed E-state index contributed by atoms with van der Waals surface area (Å²) in [7, 11) is 0. The number of aromatic amines is 1. The predicted octanol–water partition coefficient (Wildman–Crippen LogP) is 2.85. The first-order valence-corrected chi connectivity index (χ1v) is 9.61. The standard InChI is InChI=1S/C19H24N8O/c1-13-11-22-27(15-6-2-3-7-15)18(13)24-19(28)21-10-8-16-23-17(26-25-16)14-5-4-9-20-12-14/h4-5,9,11-12,15H,2-3,6-8,10H2,1H3,(H2,21,24,28)(H,23,25,26). The second kappa shape index (κ2) is 8.20. The van der Waals surface area contributed by atoms with Crippen molar-refractivity contribution in [1.82, 2.24) is 35.3 Å². The second-order valence-electron chi connectivity index (χ2n) is 7.04. The Morgan fingerprint density at radius 1 is 1.32 bits per heavy atom. The topological polar surface area (TPSA) is 113 Å². The molecule has 0 aromatic carbocycles. The number of nitrogens with zero attached hydrogens (tertiary/aromatic N) is 5. The molecule has 9 nitrogen and oxygen atoms in total. The third kappa shape index (κ3) is 4.03. The molecule has 2 amide bonds. The Balaban J connectivity index is 1.30. The molecule has 0 saturated heterocycles. The Hall–Kier alpha value is -3.23. The van der Waals surface area contributed by atoms with Crippen molar-refractivity contribution in [3.8, 4) is 11.4 Å². The van der Waals surface area contributed by atoms with E-state index >= 15 is 0 Å². The monoisotopic (exact) mass is 380 g/mol. The highest BCUT2D eigenvalue weighted by Crippen LogP contribution is 2.32. The van der Waals surface area contributed by atoms with Gasteiger partial charge in [-0.05, 0) is 31.9 Å². The van der Waals surface area contributed by atoms with E-state index in [0.717, 1.165) is 29.8 Å². The number of anilines is 1. The number of urea groups is 1. The van der Waals surface area contributed by atoms with Crippen molar-refractivity contribution in [2.75, 3.05) is 11.9 Å². The molecule has 0 spiro atoms. The summed E-state index contributed by atoms with van der Waals surface area (Å²) in [4.78, 5) is 20.8. The fourth-order valence-corrected chi connectivity index (χ4v) is 3.51. The van der Waals surface area contributed by atoms with Crippen molar-refractivity contribution in [3.63, 3.8) is 0 Å². The Morgan fingerprint density at radius 3 is 2.96 bits per heavy atom. The average Bonchev–Trinajstić information content (AvgIpc) is 3.45. The highest BCUT2D eigenvalue weighted by Gasteiger charge is 2.22. The van der Waals surface area contributed by atoms with Crippen LogP contribution in [-0.2, 0) is 6.42 Å². The van der Waals surface area contributed by atoms with Gasteiger partial charge in [-0.15, -0.1) is 0 Å². The summed E-state index contributed by atoms with van der Waals surface area (Å²) in [6.45, 7) is 2.41. The number of carbonyl (C=O) groups is 1. The number of rotatable bonds is 6. The lowest BCUT2D eigenvalue weighted by Gasteiger charge is -2.15. The SMILES string of the molecule is Cc1cnn(C2CCCC2)c1NC(=O)NCCc1nc(-c2cccnc2)n[nH]1. The molecule has 3 N–H and O–H groups in total. The van der Waals surface area contributed by atoms with Crippen LogP contribution in [0.3, 0.4) is 0 Å². The van der Waals surface area contributed by atoms with Gasteiger partial charge >= 0.3 is 6.03 Å². The number of carbonyl (C=O) groups excluding carboxylic acids is 1. The van der Waals surface area contributed by atoms with Crippen LogP contribution in [0.15, 0.2) is 30.7 Å². The highest BCUT2D eigenvalue weighted by molar-refractivity contribution is 5.89. The molecule has 4 rings (SSSR count). The van der Waals surface area contributed by atoms with E-state index in [4.69, 9.17) is 0 Å². The molecule has 0 aliphatic heterocycles. The highest BCUT2D eigenvalue weighted by atomic mass is 16.2. The minimum atomic E-state index is -0.241. The van der Waals surface area contributed by atoms with E-state index in [9.17, 15) is 4.79 Å². The molecule has 1 saturated carbocycles. The first kappa shape index (κ1) is 18.1. The molecular weight excluding hydrogens is 356 g/mol. The number of aryl methyl sites for hydroxylation is 1. The molecule has 0 unspecified atom stereocenters. The van der Waals surface area contributed by atoms with Crippen LogP contribution >= 0.6 is 0 Å². The van der Waals surface area contributed by atoms with Gasteiger partial charge in [-0.3, -0.25) is 15.4 Å². The van der Waals surface area contributed by atoms with Gasteiger partial charge < -0.3 is 5.32 Å². The Kier molecular flexibility index (Phi) is 5.31. The smallest absolute Gasteiger partial charge is 0.320 e. The van der Waals surface area contributed by atoms with Crippen LogP contribution in [0, 0.1) is 6.92 Å². The van der Waals surface area contributed by atoms with E-state index in [2.05, 4.69) is 35.9 Å². The third-order valence-electron chi connectivity index (χ3n) is 4.98. The summed E-state index contributed by atoms with van der Waals surface area (Å²) < 4.78 is 1.96. The minimum absolute atomic E-state index is 0.241. The zero-order valence-electron chi connectivity index (χ0n) is 15.9. The Morgan fingerprint density at radius 2 is 2.18 bits per heavy atom. The summed E-state index contributed by atoms with van der Waals surface area (Å²) in [5, 5.41) is 17.4. The van der Waals surface area contributed by atoms with Crippen LogP contribution in [0.4, 0.5) is 10.6 Å². The lowest BCUT2D eigenvalue weighted by molar-refractivity contribution is 0.252. The average molecular weight is 380 g/mol. The molecule has 9 heteroatoms. The van der Waals surface area contributed by atoms with Crippen molar-refractivity contribution >= 4 is 11.8 Å². The van der Waals surface area contributed by atoms with Crippen molar-refractivity contribution in [2.45, 2.75) is 45.1 Å². The molecule has 1 aliphatic carbocycles. The molecule has 28 heavy (non-hydrogen) atoms. The summed E-state index contributed by atoms with van der Waals surface area (Å²) in [6, 6.07) is 3.88. The summed E-state index contributed by atoms with van der Waals surface area (Å²) in [6.07, 6.45) is 10.4. The molecule has 3 heterocycles. The van der Waals surface area contributed by atoms with E-state index in [1.165, 1.54) is 12.8 Å². The predicted molar refractivity (Wildman–Crippen MR) is 105 cm³/mol. The molecule has 1 aliphatic rings. The fraction of sp³-hybridized carbons (Fsp3) is 0.421. The molecular formula is C19H24N8O. The van der Waals surface area contributed by atoms with Crippen molar-refractivity contribution in [3.05, 3.63) is 42.1 Å². The van der Waals surface area contributed by atoms with Gasteiger partial charge in [0.25, 0.3) is 0 Å². The molecule has 0 atom stereocenters. The van der Waals surface area contributed by atoms with Gasteiger partial charge in [0.15, 0.2) is 5.82 Å².